The molecular formula is C30H35F3N6O2. The van der Waals surface area contributed by atoms with E-state index in [1.165, 1.54) is 12.1 Å². The average Bonchev–Trinajstić information content (AvgIpc) is 3.40. The molecule has 1 aliphatic heterocycles. The summed E-state index contributed by atoms with van der Waals surface area (Å²) in [7, 11) is 2.00. The number of nitrogens with one attached hydrogen (secondary N) is 3. The molecule has 218 valence electrons. The molecule has 3 aromatic rings. The minimum atomic E-state index is -4.55. The number of amides is 2. The molecule has 2 bridgehead atoms. The summed E-state index contributed by atoms with van der Waals surface area (Å²) in [6.07, 6.45) is -0.582. The molecule has 0 unspecified atom stereocenters. The fourth-order valence-electron chi connectivity index (χ4n) is 6.60. The molecule has 3 saturated carbocycles. The van der Waals surface area contributed by atoms with Crippen molar-refractivity contribution in [1.29, 1.82) is 0 Å². The van der Waals surface area contributed by atoms with E-state index in [2.05, 4.69) is 25.5 Å². The number of piperazine rings is 1. The molecular weight excluding hydrogens is 533 g/mol. The van der Waals surface area contributed by atoms with Crippen LogP contribution in [0.25, 0.3) is 11.0 Å². The standard InChI is InChI=1S/C30H35F3N6O2/c1-38-14-16-39(17-15-38)19-21-7-6-20(18-22(21)30(31,32)33)26(40)36-28-8-11-29(12-9-28,13-10-28)37-27(41)25-34-23-4-2-3-5-24(23)35-25/h2-7,18H,8-17,19H2,1H3,(H,34,35)(H,36,40)(H,37,41). The number of aromatic amines is 1. The molecule has 1 saturated heterocycles. The van der Waals surface area contributed by atoms with Crippen LogP contribution in [-0.4, -0.2) is 75.9 Å². The van der Waals surface area contributed by atoms with Crippen molar-refractivity contribution < 1.29 is 22.8 Å². The van der Waals surface area contributed by atoms with Gasteiger partial charge in [-0.2, -0.15) is 13.2 Å². The van der Waals surface area contributed by atoms with E-state index in [0.717, 1.165) is 30.2 Å². The van der Waals surface area contributed by atoms with Gasteiger partial charge in [-0.3, -0.25) is 14.5 Å². The number of aromatic nitrogens is 2. The highest BCUT2D eigenvalue weighted by Gasteiger charge is 2.50. The van der Waals surface area contributed by atoms with E-state index < -0.39 is 23.2 Å². The van der Waals surface area contributed by atoms with E-state index in [0.29, 0.717) is 51.6 Å². The summed E-state index contributed by atoms with van der Waals surface area (Å²) in [6, 6.07) is 11.4. The fourth-order valence-corrected chi connectivity index (χ4v) is 6.60. The van der Waals surface area contributed by atoms with Crippen molar-refractivity contribution in [3.05, 3.63) is 65.0 Å². The maximum Gasteiger partial charge on any atom is 0.416 e. The molecule has 2 aromatic carbocycles. The first kappa shape index (κ1) is 27.7. The van der Waals surface area contributed by atoms with Crippen LogP contribution in [0.3, 0.4) is 0 Å². The third-order valence-electron chi connectivity index (χ3n) is 9.28. The number of hydrogen-bond acceptors (Lipinski definition) is 5. The molecule has 2 heterocycles. The van der Waals surface area contributed by atoms with Gasteiger partial charge in [-0.15, -0.1) is 0 Å². The number of rotatable bonds is 6. The average molecular weight is 569 g/mol. The summed E-state index contributed by atoms with van der Waals surface area (Å²) in [5, 5.41) is 6.28. The first-order chi connectivity index (χ1) is 19.5. The molecule has 0 spiro atoms. The van der Waals surface area contributed by atoms with Crippen molar-refractivity contribution in [3.8, 4) is 0 Å². The van der Waals surface area contributed by atoms with Gasteiger partial charge in [0.05, 0.1) is 16.6 Å². The van der Waals surface area contributed by atoms with Crippen LogP contribution in [0.1, 0.15) is 70.6 Å². The van der Waals surface area contributed by atoms with Crippen LogP contribution in [0.15, 0.2) is 42.5 Å². The van der Waals surface area contributed by atoms with Gasteiger partial charge in [-0.25, -0.2) is 4.98 Å². The van der Waals surface area contributed by atoms with Crippen LogP contribution in [0.4, 0.5) is 13.2 Å². The van der Waals surface area contributed by atoms with Crippen molar-refractivity contribution in [2.45, 2.75) is 62.3 Å². The number of hydrogen-bond donors (Lipinski definition) is 3. The molecule has 2 amide bonds. The number of para-hydroxylation sites is 2. The lowest BCUT2D eigenvalue weighted by atomic mass is 9.61. The predicted octanol–water partition coefficient (Wildman–Crippen LogP) is 4.33. The fraction of sp³-hybridized carbons (Fsp3) is 0.500. The Hall–Kier alpha value is -3.44. The van der Waals surface area contributed by atoms with Gasteiger partial charge in [0.25, 0.3) is 11.8 Å². The molecule has 3 N–H and O–H groups in total. The van der Waals surface area contributed by atoms with Crippen LogP contribution in [-0.2, 0) is 12.7 Å². The molecule has 0 radical (unpaired) electrons. The van der Waals surface area contributed by atoms with Crippen LogP contribution in [0.5, 0.6) is 0 Å². The maximum atomic E-state index is 14.0. The Morgan fingerprint density at radius 1 is 0.902 bits per heavy atom. The first-order valence-corrected chi connectivity index (χ1v) is 14.2. The Morgan fingerprint density at radius 2 is 1.51 bits per heavy atom. The highest BCUT2D eigenvalue weighted by molar-refractivity contribution is 5.95. The van der Waals surface area contributed by atoms with Gasteiger partial charge >= 0.3 is 6.18 Å². The van der Waals surface area contributed by atoms with Gasteiger partial charge in [0.2, 0.25) is 0 Å². The van der Waals surface area contributed by atoms with Gasteiger partial charge < -0.3 is 20.5 Å². The summed E-state index contributed by atoms with van der Waals surface area (Å²) in [5.74, 6) is -0.467. The second-order valence-corrected chi connectivity index (χ2v) is 12.0. The van der Waals surface area contributed by atoms with E-state index in [-0.39, 0.29) is 34.9 Å². The van der Waals surface area contributed by atoms with E-state index >= 15 is 0 Å². The molecule has 4 fully saturated rings. The lowest BCUT2D eigenvalue weighted by Crippen LogP contribution is -2.63. The number of carbonyl (C=O) groups is 2. The lowest BCUT2D eigenvalue weighted by Gasteiger charge is -2.53. The van der Waals surface area contributed by atoms with Crippen molar-refractivity contribution in [2.24, 2.45) is 0 Å². The second kappa shape index (κ2) is 10.4. The summed E-state index contributed by atoms with van der Waals surface area (Å²) in [4.78, 5) is 37.9. The topological polar surface area (TPSA) is 93.4 Å². The highest BCUT2D eigenvalue weighted by atomic mass is 19.4. The van der Waals surface area contributed by atoms with E-state index in [1.54, 1.807) is 0 Å². The third kappa shape index (κ3) is 5.70. The molecule has 3 aliphatic carbocycles. The first-order valence-electron chi connectivity index (χ1n) is 14.2. The summed E-state index contributed by atoms with van der Waals surface area (Å²) in [6.45, 7) is 3.25. The Bertz CT molecular complexity index is 1400. The zero-order valence-corrected chi connectivity index (χ0v) is 23.1. The number of benzene rings is 2. The van der Waals surface area contributed by atoms with Gasteiger partial charge in [-0.1, -0.05) is 18.2 Å². The molecule has 4 aliphatic rings. The predicted molar refractivity (Wildman–Crippen MR) is 148 cm³/mol. The SMILES string of the molecule is CN1CCN(Cc2ccc(C(=O)NC34CCC(NC(=O)c5nc6ccccc6[nH]5)(CC3)CC4)cc2C(F)(F)F)CC1. The largest absolute Gasteiger partial charge is 0.416 e. The summed E-state index contributed by atoms with van der Waals surface area (Å²) >= 11 is 0. The van der Waals surface area contributed by atoms with E-state index in [1.807, 2.05) is 36.2 Å². The van der Waals surface area contributed by atoms with Crippen LogP contribution in [0.2, 0.25) is 0 Å². The number of fused-ring (bicyclic) bond motifs is 4. The Balaban J connectivity index is 1.10. The van der Waals surface area contributed by atoms with Gasteiger partial charge in [-0.05, 0) is 75.4 Å². The Labute approximate surface area is 236 Å². The molecule has 0 atom stereocenters. The van der Waals surface area contributed by atoms with Crippen molar-refractivity contribution >= 4 is 22.8 Å². The normalized spacial score (nSPS) is 25.4. The van der Waals surface area contributed by atoms with Crippen LogP contribution >= 0.6 is 0 Å². The minimum absolute atomic E-state index is 0.0226. The lowest BCUT2D eigenvalue weighted by molar-refractivity contribution is -0.138. The van der Waals surface area contributed by atoms with Gasteiger partial charge in [0, 0.05) is 49.4 Å². The number of likely N-dealkylation sites (N-methyl/N-ethyl adjacent to an activating group) is 1. The third-order valence-corrected chi connectivity index (χ3v) is 9.28. The Kier molecular flexibility index (Phi) is 7.05. The van der Waals surface area contributed by atoms with Crippen LogP contribution < -0.4 is 10.6 Å². The smallest absolute Gasteiger partial charge is 0.347 e. The summed E-state index contributed by atoms with van der Waals surface area (Å²) < 4.78 is 42.1. The Morgan fingerprint density at radius 3 is 2.12 bits per heavy atom. The maximum absolute atomic E-state index is 14.0. The van der Waals surface area contributed by atoms with Crippen molar-refractivity contribution in [3.63, 3.8) is 0 Å². The minimum Gasteiger partial charge on any atom is -0.347 e. The molecule has 41 heavy (non-hydrogen) atoms. The molecule has 7 rings (SSSR count). The number of halogens is 3. The van der Waals surface area contributed by atoms with Crippen LogP contribution in [0, 0.1) is 0 Å². The summed E-state index contributed by atoms with van der Waals surface area (Å²) in [5.41, 5.74) is 0.125. The quantitative estimate of drug-likeness (QED) is 0.412. The second-order valence-electron chi connectivity index (χ2n) is 12.0. The zero-order valence-electron chi connectivity index (χ0n) is 23.1. The number of carbonyl (C=O) groups excluding carboxylic acids is 2. The zero-order chi connectivity index (χ0) is 28.8. The number of imidazole rings is 1. The molecule has 8 nitrogen and oxygen atoms in total. The van der Waals surface area contributed by atoms with Gasteiger partial charge in [0.1, 0.15) is 0 Å². The van der Waals surface area contributed by atoms with E-state index in [9.17, 15) is 22.8 Å². The van der Waals surface area contributed by atoms with Crippen molar-refractivity contribution in [1.82, 2.24) is 30.4 Å². The van der Waals surface area contributed by atoms with Crippen molar-refractivity contribution in [2.75, 3.05) is 33.2 Å². The monoisotopic (exact) mass is 568 g/mol. The van der Waals surface area contributed by atoms with E-state index in [4.69, 9.17) is 0 Å². The number of H-pyrrole nitrogens is 1. The number of nitrogens with zero attached hydrogens (tertiary/aromatic N) is 3. The van der Waals surface area contributed by atoms with Gasteiger partial charge in [0.15, 0.2) is 5.82 Å². The highest BCUT2D eigenvalue weighted by Crippen LogP contribution is 2.47. The number of alkyl halides is 3. The molecule has 11 heteroatoms. The molecule has 1 aromatic heterocycles.